The molecule has 5 rings (SSSR count). The molecule has 1 N–H and O–H groups in total. The molecule has 1 atom stereocenters. The summed E-state index contributed by atoms with van der Waals surface area (Å²) in [5.41, 5.74) is 1.44. The van der Waals surface area contributed by atoms with E-state index in [2.05, 4.69) is 0 Å². The Morgan fingerprint density at radius 2 is 1.73 bits per heavy atom. The minimum Gasteiger partial charge on any atom is -0.507 e. The molecule has 1 amide bonds. The van der Waals surface area contributed by atoms with E-state index in [1.807, 2.05) is 6.92 Å². The number of Topliss-reactive ketones (excluding diaryl/α,β-unsaturated/α-hetero) is 1. The van der Waals surface area contributed by atoms with Gasteiger partial charge in [0.15, 0.2) is 11.5 Å². The molecule has 0 radical (unpaired) electrons. The Morgan fingerprint density at radius 3 is 2.46 bits per heavy atom. The summed E-state index contributed by atoms with van der Waals surface area (Å²) in [5, 5.41) is 11.4. The summed E-state index contributed by atoms with van der Waals surface area (Å²) >= 11 is 0. The van der Waals surface area contributed by atoms with Crippen molar-refractivity contribution >= 4 is 23.1 Å². The number of amides is 1. The Hall–Kier alpha value is -4.46. The van der Waals surface area contributed by atoms with E-state index in [1.54, 1.807) is 73.8 Å². The highest BCUT2D eigenvalue weighted by Gasteiger charge is 2.47. The number of methoxy groups -OCH3 is 1. The maximum atomic E-state index is 13.4. The number of carbonyl (C=O) groups excluding carboxylic acids is 2. The molecule has 0 saturated carbocycles. The van der Waals surface area contributed by atoms with Crippen molar-refractivity contribution in [1.82, 2.24) is 0 Å². The number of ketones is 1. The van der Waals surface area contributed by atoms with Gasteiger partial charge in [0, 0.05) is 17.3 Å². The van der Waals surface area contributed by atoms with Gasteiger partial charge in [-0.3, -0.25) is 14.5 Å². The molecular formula is C29H27NO7. The second-order valence-electron chi connectivity index (χ2n) is 8.65. The molecule has 0 spiro atoms. The van der Waals surface area contributed by atoms with Crippen molar-refractivity contribution in [2.45, 2.75) is 19.4 Å². The quantitative estimate of drug-likeness (QED) is 0.280. The minimum atomic E-state index is -0.895. The van der Waals surface area contributed by atoms with Crippen molar-refractivity contribution in [1.29, 1.82) is 0 Å². The van der Waals surface area contributed by atoms with Crippen molar-refractivity contribution in [3.63, 3.8) is 0 Å². The number of anilines is 1. The highest BCUT2D eigenvalue weighted by molar-refractivity contribution is 6.51. The average Bonchev–Trinajstić information content (AvgIpc) is 3.21. The number of aliphatic hydroxyl groups is 1. The van der Waals surface area contributed by atoms with Crippen LogP contribution in [0.3, 0.4) is 0 Å². The van der Waals surface area contributed by atoms with E-state index < -0.39 is 17.7 Å². The van der Waals surface area contributed by atoms with Gasteiger partial charge in [-0.15, -0.1) is 0 Å². The lowest BCUT2D eigenvalue weighted by molar-refractivity contribution is -0.132. The summed E-state index contributed by atoms with van der Waals surface area (Å²) in [5.74, 6) is 0.448. The van der Waals surface area contributed by atoms with Crippen molar-refractivity contribution in [2.24, 2.45) is 0 Å². The number of benzene rings is 3. The van der Waals surface area contributed by atoms with Gasteiger partial charge >= 0.3 is 0 Å². The highest BCUT2D eigenvalue weighted by atomic mass is 16.6. The van der Waals surface area contributed by atoms with Crippen molar-refractivity contribution < 1.29 is 33.6 Å². The Labute approximate surface area is 214 Å². The Balaban J connectivity index is 1.63. The van der Waals surface area contributed by atoms with Gasteiger partial charge < -0.3 is 24.1 Å². The van der Waals surface area contributed by atoms with Crippen molar-refractivity contribution in [3.8, 4) is 23.0 Å². The summed E-state index contributed by atoms with van der Waals surface area (Å²) in [6, 6.07) is 18.1. The molecule has 0 aromatic heterocycles. The average molecular weight is 502 g/mol. The van der Waals surface area contributed by atoms with Crippen LogP contribution < -0.4 is 23.8 Å². The standard InChI is InChI=1S/C29H27NO7/c1-3-13-35-21-10-7-18(8-11-21)27(31)25-26(19-5-4-6-22(16-19)34-2)30(29(33)28(25)32)20-9-12-23-24(17-20)37-15-14-36-23/h4-12,16-17,26,31H,3,13-15H2,1-2H3/b27-25+. The number of hydrogen-bond donors (Lipinski definition) is 1. The van der Waals surface area contributed by atoms with E-state index in [-0.39, 0.29) is 11.3 Å². The van der Waals surface area contributed by atoms with Crippen LogP contribution in [0, 0.1) is 0 Å². The maximum absolute atomic E-state index is 13.4. The number of aliphatic hydroxyl groups excluding tert-OH is 1. The summed E-state index contributed by atoms with van der Waals surface area (Å²) in [7, 11) is 1.54. The Bertz CT molecular complexity index is 1360. The van der Waals surface area contributed by atoms with Crippen LogP contribution in [0.2, 0.25) is 0 Å². The maximum Gasteiger partial charge on any atom is 0.300 e. The lowest BCUT2D eigenvalue weighted by atomic mass is 9.95. The van der Waals surface area contributed by atoms with E-state index in [9.17, 15) is 14.7 Å². The molecule has 1 unspecified atom stereocenters. The zero-order chi connectivity index (χ0) is 25.9. The lowest BCUT2D eigenvalue weighted by Crippen LogP contribution is -2.29. The SMILES string of the molecule is CCCOc1ccc(/C(O)=C2\C(=O)C(=O)N(c3ccc4c(c3)OCCO4)C2c2cccc(OC)c2)cc1. The van der Waals surface area contributed by atoms with Crippen molar-refractivity contribution in [2.75, 3.05) is 31.8 Å². The van der Waals surface area contributed by atoms with E-state index in [0.29, 0.717) is 59.6 Å². The molecule has 2 heterocycles. The molecule has 2 aliphatic rings. The van der Waals surface area contributed by atoms with Gasteiger partial charge in [-0.25, -0.2) is 0 Å². The molecule has 8 heteroatoms. The highest BCUT2D eigenvalue weighted by Crippen LogP contribution is 2.45. The molecule has 2 aliphatic heterocycles. The smallest absolute Gasteiger partial charge is 0.300 e. The number of hydrogen-bond acceptors (Lipinski definition) is 7. The lowest BCUT2D eigenvalue weighted by Gasteiger charge is -2.27. The number of nitrogens with zero attached hydrogens (tertiary/aromatic N) is 1. The molecule has 1 saturated heterocycles. The first-order valence-electron chi connectivity index (χ1n) is 12.1. The number of carbonyl (C=O) groups is 2. The molecule has 0 bridgehead atoms. The number of ether oxygens (including phenoxy) is 4. The molecule has 0 aliphatic carbocycles. The Kier molecular flexibility index (Phi) is 6.72. The fourth-order valence-electron chi connectivity index (χ4n) is 4.49. The summed E-state index contributed by atoms with van der Waals surface area (Å²) in [6.07, 6.45) is 0.867. The molecule has 37 heavy (non-hydrogen) atoms. The van der Waals surface area contributed by atoms with Gasteiger partial charge in [-0.2, -0.15) is 0 Å². The molecule has 190 valence electrons. The summed E-state index contributed by atoms with van der Waals surface area (Å²) in [6.45, 7) is 3.40. The minimum absolute atomic E-state index is 0.0182. The van der Waals surface area contributed by atoms with Crippen molar-refractivity contribution in [3.05, 3.63) is 83.4 Å². The monoisotopic (exact) mass is 501 g/mol. The van der Waals surface area contributed by atoms with Crippen LogP contribution in [0.15, 0.2) is 72.3 Å². The first-order valence-corrected chi connectivity index (χ1v) is 12.1. The normalized spacial score (nSPS) is 18.1. The molecular weight excluding hydrogens is 474 g/mol. The molecule has 3 aromatic carbocycles. The third-order valence-electron chi connectivity index (χ3n) is 6.26. The fraction of sp³-hybridized carbons (Fsp3) is 0.241. The number of fused-ring (bicyclic) bond motifs is 1. The third kappa shape index (κ3) is 4.58. The number of rotatable bonds is 7. The molecule has 8 nitrogen and oxygen atoms in total. The first-order chi connectivity index (χ1) is 18.0. The molecule has 3 aromatic rings. The van der Waals surface area contributed by atoms with Gasteiger partial charge in [0.2, 0.25) is 0 Å². The fourth-order valence-corrected chi connectivity index (χ4v) is 4.49. The second kappa shape index (κ2) is 10.3. The van der Waals surface area contributed by atoms with Crippen LogP contribution in [0.5, 0.6) is 23.0 Å². The third-order valence-corrected chi connectivity index (χ3v) is 6.26. The van der Waals surface area contributed by atoms with Gasteiger partial charge in [0.25, 0.3) is 11.7 Å². The summed E-state index contributed by atoms with van der Waals surface area (Å²) < 4.78 is 22.3. The van der Waals surface area contributed by atoms with Crippen LogP contribution in [0.25, 0.3) is 5.76 Å². The predicted octanol–water partition coefficient (Wildman–Crippen LogP) is 4.88. The van der Waals surface area contributed by atoms with Gasteiger partial charge in [0.1, 0.15) is 30.5 Å². The van der Waals surface area contributed by atoms with E-state index >= 15 is 0 Å². The van der Waals surface area contributed by atoms with E-state index in [4.69, 9.17) is 18.9 Å². The largest absolute Gasteiger partial charge is 0.507 e. The van der Waals surface area contributed by atoms with Crippen LogP contribution in [-0.2, 0) is 9.59 Å². The second-order valence-corrected chi connectivity index (χ2v) is 8.65. The summed E-state index contributed by atoms with van der Waals surface area (Å²) in [4.78, 5) is 28.2. The van der Waals surface area contributed by atoms with Gasteiger partial charge in [0.05, 0.1) is 25.3 Å². The van der Waals surface area contributed by atoms with E-state index in [0.717, 1.165) is 6.42 Å². The Morgan fingerprint density at radius 1 is 0.973 bits per heavy atom. The zero-order valence-corrected chi connectivity index (χ0v) is 20.6. The van der Waals surface area contributed by atoms with Crippen LogP contribution in [0.1, 0.15) is 30.5 Å². The predicted molar refractivity (Wildman–Crippen MR) is 137 cm³/mol. The first kappa shape index (κ1) is 24.2. The van der Waals surface area contributed by atoms with Crippen LogP contribution in [0.4, 0.5) is 5.69 Å². The van der Waals surface area contributed by atoms with Crippen LogP contribution >= 0.6 is 0 Å². The van der Waals surface area contributed by atoms with Crippen LogP contribution in [-0.4, -0.2) is 43.7 Å². The van der Waals surface area contributed by atoms with E-state index in [1.165, 1.54) is 4.90 Å². The zero-order valence-electron chi connectivity index (χ0n) is 20.6. The van der Waals surface area contributed by atoms with Gasteiger partial charge in [-0.1, -0.05) is 19.1 Å². The van der Waals surface area contributed by atoms with Gasteiger partial charge in [-0.05, 0) is 60.5 Å². The topological polar surface area (TPSA) is 94.5 Å². The molecule has 1 fully saturated rings.